The van der Waals surface area contributed by atoms with E-state index in [4.69, 9.17) is 4.74 Å². The summed E-state index contributed by atoms with van der Waals surface area (Å²) in [6.45, 7) is 1.69. The Hall–Kier alpha value is -3.68. The zero-order chi connectivity index (χ0) is 21.3. The molecule has 0 fully saturated rings. The Morgan fingerprint density at radius 3 is 2.37 bits per heavy atom. The largest absolute Gasteiger partial charge is 0.455 e. The molecule has 0 aliphatic heterocycles. The van der Waals surface area contributed by atoms with Gasteiger partial charge in [0.1, 0.15) is 23.2 Å². The molecule has 8 heteroatoms. The van der Waals surface area contributed by atoms with Gasteiger partial charge >= 0.3 is 6.18 Å². The second-order valence-electron chi connectivity index (χ2n) is 6.53. The third-order valence-corrected chi connectivity index (χ3v) is 4.32. The fourth-order valence-corrected chi connectivity index (χ4v) is 2.94. The Morgan fingerprint density at radius 1 is 0.900 bits per heavy atom. The molecule has 0 atom stereocenters. The fraction of sp³-hybridized carbons (Fsp3) is 0.0909. The number of halogens is 4. The zero-order valence-electron chi connectivity index (χ0n) is 15.7. The second-order valence-corrected chi connectivity index (χ2v) is 6.53. The molecule has 152 valence electrons. The van der Waals surface area contributed by atoms with E-state index >= 15 is 0 Å². The summed E-state index contributed by atoms with van der Waals surface area (Å²) in [6.07, 6.45) is -4.41. The number of rotatable bonds is 4. The van der Waals surface area contributed by atoms with Crippen molar-refractivity contribution in [3.05, 3.63) is 83.9 Å². The number of para-hydroxylation sites is 2. The average molecular weight is 413 g/mol. The van der Waals surface area contributed by atoms with E-state index in [9.17, 15) is 17.6 Å². The van der Waals surface area contributed by atoms with Gasteiger partial charge in [0.05, 0.1) is 16.8 Å². The summed E-state index contributed by atoms with van der Waals surface area (Å²) in [4.78, 5) is 8.63. The van der Waals surface area contributed by atoms with Crippen LogP contribution in [-0.4, -0.2) is 9.97 Å². The molecule has 4 nitrogen and oxygen atoms in total. The summed E-state index contributed by atoms with van der Waals surface area (Å²) in [5.41, 5.74) is 0.240. The van der Waals surface area contributed by atoms with Gasteiger partial charge in [0.25, 0.3) is 0 Å². The van der Waals surface area contributed by atoms with E-state index in [1.54, 1.807) is 37.3 Å². The van der Waals surface area contributed by atoms with Gasteiger partial charge in [0, 0.05) is 11.5 Å². The molecule has 0 saturated heterocycles. The summed E-state index contributed by atoms with van der Waals surface area (Å²) < 4.78 is 57.6. The lowest BCUT2D eigenvalue weighted by Gasteiger charge is -2.15. The minimum atomic E-state index is -4.41. The molecule has 1 N–H and O–H groups in total. The third-order valence-electron chi connectivity index (χ3n) is 4.32. The molecule has 30 heavy (non-hydrogen) atoms. The van der Waals surface area contributed by atoms with Crippen LogP contribution in [0.2, 0.25) is 0 Å². The van der Waals surface area contributed by atoms with E-state index in [1.807, 2.05) is 0 Å². The summed E-state index contributed by atoms with van der Waals surface area (Å²) in [6, 6.07) is 15.6. The molecular weight excluding hydrogens is 398 g/mol. The minimum Gasteiger partial charge on any atom is -0.455 e. The van der Waals surface area contributed by atoms with Crippen LogP contribution in [0.5, 0.6) is 11.5 Å². The molecule has 4 aromatic rings. The predicted octanol–water partition coefficient (Wildman–Crippen LogP) is 6.63. The molecule has 0 spiro atoms. The summed E-state index contributed by atoms with van der Waals surface area (Å²) in [5.74, 6) is 1.15. The standard InChI is InChI=1S/C22H15F4N3O/c1-13-27-19-12-15(23)8-11-17(19)21(28-13)29-18-4-2-3-5-20(18)30-16-9-6-14(7-10-16)22(24,25)26/h2-12H,1H3,(H,27,28,29). The smallest absolute Gasteiger partial charge is 0.416 e. The Bertz CT molecular complexity index is 1200. The van der Waals surface area contributed by atoms with Crippen molar-refractivity contribution >= 4 is 22.4 Å². The van der Waals surface area contributed by atoms with Crippen LogP contribution >= 0.6 is 0 Å². The number of aryl methyl sites for hydroxylation is 1. The van der Waals surface area contributed by atoms with Gasteiger partial charge in [-0.1, -0.05) is 12.1 Å². The van der Waals surface area contributed by atoms with Crippen LogP contribution in [-0.2, 0) is 6.18 Å². The molecule has 0 saturated carbocycles. The highest BCUT2D eigenvalue weighted by atomic mass is 19.4. The molecule has 0 bridgehead atoms. The molecular formula is C22H15F4N3O. The molecule has 3 aromatic carbocycles. The highest BCUT2D eigenvalue weighted by Gasteiger charge is 2.30. The molecule has 0 radical (unpaired) electrons. The molecule has 1 aromatic heterocycles. The maximum Gasteiger partial charge on any atom is 0.416 e. The van der Waals surface area contributed by atoms with Crippen molar-refractivity contribution in [3.8, 4) is 11.5 Å². The molecule has 4 rings (SSSR count). The normalized spacial score (nSPS) is 11.5. The monoisotopic (exact) mass is 413 g/mol. The summed E-state index contributed by atoms with van der Waals surface area (Å²) >= 11 is 0. The SMILES string of the molecule is Cc1nc(Nc2ccccc2Oc2ccc(C(F)(F)F)cc2)c2ccc(F)cc2n1. The topological polar surface area (TPSA) is 47.0 Å². The van der Waals surface area contributed by atoms with Crippen LogP contribution < -0.4 is 10.1 Å². The number of nitrogens with one attached hydrogen (secondary N) is 1. The number of fused-ring (bicyclic) bond motifs is 1. The number of nitrogens with zero attached hydrogens (tertiary/aromatic N) is 2. The lowest BCUT2D eigenvalue weighted by molar-refractivity contribution is -0.137. The Morgan fingerprint density at radius 2 is 1.63 bits per heavy atom. The van der Waals surface area contributed by atoms with Gasteiger partial charge in [-0.2, -0.15) is 13.2 Å². The van der Waals surface area contributed by atoms with E-state index in [0.717, 1.165) is 12.1 Å². The first kappa shape index (κ1) is 19.6. The third kappa shape index (κ3) is 4.17. The zero-order valence-corrected chi connectivity index (χ0v) is 15.7. The summed E-state index contributed by atoms with van der Waals surface area (Å²) in [5, 5.41) is 3.77. The molecule has 0 unspecified atom stereocenters. The van der Waals surface area contributed by atoms with E-state index in [2.05, 4.69) is 15.3 Å². The van der Waals surface area contributed by atoms with Gasteiger partial charge in [-0.3, -0.25) is 0 Å². The molecule has 0 amide bonds. The molecule has 0 aliphatic rings. The van der Waals surface area contributed by atoms with Gasteiger partial charge in [0.2, 0.25) is 0 Å². The first-order valence-electron chi connectivity index (χ1n) is 8.95. The van der Waals surface area contributed by atoms with Crippen molar-refractivity contribution in [2.45, 2.75) is 13.1 Å². The van der Waals surface area contributed by atoms with Crippen LogP contribution in [0, 0.1) is 12.7 Å². The van der Waals surface area contributed by atoms with Crippen molar-refractivity contribution in [3.63, 3.8) is 0 Å². The first-order chi connectivity index (χ1) is 14.3. The van der Waals surface area contributed by atoms with E-state index in [0.29, 0.717) is 34.0 Å². The van der Waals surface area contributed by atoms with E-state index < -0.39 is 17.6 Å². The fourth-order valence-electron chi connectivity index (χ4n) is 2.94. The van der Waals surface area contributed by atoms with Crippen molar-refractivity contribution in [1.29, 1.82) is 0 Å². The lowest BCUT2D eigenvalue weighted by Crippen LogP contribution is -2.04. The molecule has 0 aliphatic carbocycles. The highest BCUT2D eigenvalue weighted by Crippen LogP contribution is 2.35. The lowest BCUT2D eigenvalue weighted by atomic mass is 10.2. The van der Waals surface area contributed by atoms with Crippen LogP contribution in [0.4, 0.5) is 29.1 Å². The molecule has 1 heterocycles. The number of benzene rings is 3. The van der Waals surface area contributed by atoms with Crippen LogP contribution in [0.25, 0.3) is 10.9 Å². The van der Waals surface area contributed by atoms with E-state index in [-0.39, 0.29) is 5.75 Å². The number of hydrogen-bond acceptors (Lipinski definition) is 4. The Labute approximate surface area is 169 Å². The van der Waals surface area contributed by atoms with Crippen LogP contribution in [0.15, 0.2) is 66.7 Å². The van der Waals surface area contributed by atoms with Crippen LogP contribution in [0.3, 0.4) is 0 Å². The number of anilines is 2. The number of hydrogen-bond donors (Lipinski definition) is 1. The van der Waals surface area contributed by atoms with Crippen molar-refractivity contribution in [2.24, 2.45) is 0 Å². The van der Waals surface area contributed by atoms with Crippen molar-refractivity contribution < 1.29 is 22.3 Å². The van der Waals surface area contributed by atoms with Crippen LogP contribution in [0.1, 0.15) is 11.4 Å². The Balaban J connectivity index is 1.66. The first-order valence-corrected chi connectivity index (χ1v) is 8.95. The van der Waals surface area contributed by atoms with Gasteiger partial charge in [0.15, 0.2) is 5.75 Å². The van der Waals surface area contributed by atoms with Gasteiger partial charge in [-0.25, -0.2) is 14.4 Å². The predicted molar refractivity (Wildman–Crippen MR) is 105 cm³/mol. The minimum absolute atomic E-state index is 0.253. The van der Waals surface area contributed by atoms with Gasteiger partial charge in [-0.05, 0) is 55.5 Å². The number of alkyl halides is 3. The maximum absolute atomic E-state index is 13.6. The van der Waals surface area contributed by atoms with Crippen molar-refractivity contribution in [2.75, 3.05) is 5.32 Å². The Kier molecular flexibility index (Phi) is 4.99. The van der Waals surface area contributed by atoms with E-state index in [1.165, 1.54) is 24.3 Å². The second kappa shape index (κ2) is 7.62. The van der Waals surface area contributed by atoms with Gasteiger partial charge in [-0.15, -0.1) is 0 Å². The van der Waals surface area contributed by atoms with Crippen molar-refractivity contribution in [1.82, 2.24) is 9.97 Å². The maximum atomic E-state index is 13.6. The number of aromatic nitrogens is 2. The van der Waals surface area contributed by atoms with Gasteiger partial charge < -0.3 is 10.1 Å². The average Bonchev–Trinajstić information content (AvgIpc) is 2.68. The summed E-state index contributed by atoms with van der Waals surface area (Å²) in [7, 11) is 0. The quantitative estimate of drug-likeness (QED) is 0.382. The highest BCUT2D eigenvalue weighted by molar-refractivity contribution is 5.91. The number of ether oxygens (including phenoxy) is 1.